The Kier molecular flexibility index (Phi) is 6.94. The Morgan fingerprint density at radius 1 is 0.760 bits per heavy atom. The zero-order valence-electron chi connectivity index (χ0n) is 13.6. The van der Waals surface area contributed by atoms with E-state index in [0.717, 1.165) is 5.56 Å². The summed E-state index contributed by atoms with van der Waals surface area (Å²) in [5.74, 6) is -1.16. The molecule has 0 aliphatic carbocycles. The minimum Gasteiger partial charge on any atom is -0.326 e. The number of para-hydroxylation sites is 1. The number of hydrogen-bond donors (Lipinski definition) is 3. The topological polar surface area (TPSA) is 87.3 Å². The molecule has 0 aliphatic heterocycles. The molecule has 0 bridgehead atoms. The fourth-order valence-corrected chi connectivity index (χ4v) is 1.94. The second-order valence-corrected chi connectivity index (χ2v) is 5.20. The van der Waals surface area contributed by atoms with E-state index in [1.54, 1.807) is 30.3 Å². The Hall–Kier alpha value is -3.41. The molecule has 6 nitrogen and oxygen atoms in total. The van der Waals surface area contributed by atoms with Crippen LogP contribution in [0.3, 0.4) is 0 Å². The third-order valence-electron chi connectivity index (χ3n) is 3.19. The van der Waals surface area contributed by atoms with Gasteiger partial charge < -0.3 is 5.32 Å². The zero-order valence-corrected chi connectivity index (χ0v) is 13.6. The van der Waals surface area contributed by atoms with Crippen LogP contribution in [0.25, 0.3) is 6.08 Å². The van der Waals surface area contributed by atoms with Crippen LogP contribution < -0.4 is 16.2 Å². The smallest absolute Gasteiger partial charge is 0.262 e. The summed E-state index contributed by atoms with van der Waals surface area (Å²) in [5.41, 5.74) is 6.09. The molecule has 0 heterocycles. The zero-order chi connectivity index (χ0) is 17.9. The predicted molar refractivity (Wildman–Crippen MR) is 96.1 cm³/mol. The minimum atomic E-state index is -0.453. The van der Waals surface area contributed by atoms with Crippen LogP contribution >= 0.6 is 0 Å². The maximum atomic E-state index is 11.7. The molecule has 0 aromatic heterocycles. The molecule has 128 valence electrons. The molecule has 0 unspecified atom stereocenters. The predicted octanol–water partition coefficient (Wildman–Crippen LogP) is 2.27. The number of anilines is 1. The lowest BCUT2D eigenvalue weighted by molar-refractivity contribution is -0.128. The fraction of sp³-hybridized carbons (Fsp3) is 0.105. The molecule has 3 amide bonds. The van der Waals surface area contributed by atoms with Crippen LogP contribution in [0.15, 0.2) is 66.7 Å². The summed E-state index contributed by atoms with van der Waals surface area (Å²) in [4.78, 5) is 35.0. The highest BCUT2D eigenvalue weighted by molar-refractivity contribution is 5.95. The van der Waals surface area contributed by atoms with Crippen molar-refractivity contribution in [3.63, 3.8) is 0 Å². The lowest BCUT2D eigenvalue weighted by Crippen LogP contribution is -2.41. The van der Waals surface area contributed by atoms with Gasteiger partial charge in [-0.25, -0.2) is 0 Å². The summed E-state index contributed by atoms with van der Waals surface area (Å²) < 4.78 is 0. The van der Waals surface area contributed by atoms with Gasteiger partial charge in [0.25, 0.3) is 5.91 Å². The molecule has 0 aliphatic rings. The molecule has 0 atom stereocenters. The van der Waals surface area contributed by atoms with Crippen molar-refractivity contribution >= 4 is 29.5 Å². The van der Waals surface area contributed by atoms with E-state index in [0.29, 0.717) is 5.69 Å². The van der Waals surface area contributed by atoms with Crippen molar-refractivity contribution < 1.29 is 14.4 Å². The van der Waals surface area contributed by atoms with Gasteiger partial charge in [-0.1, -0.05) is 48.5 Å². The first kappa shape index (κ1) is 17.9. The second-order valence-electron chi connectivity index (χ2n) is 5.20. The van der Waals surface area contributed by atoms with Gasteiger partial charge in [0.1, 0.15) is 0 Å². The normalized spacial score (nSPS) is 10.2. The number of carbonyl (C=O) groups is 3. The lowest BCUT2D eigenvalue weighted by Gasteiger charge is -2.06. The molecular formula is C19H19N3O3. The van der Waals surface area contributed by atoms with E-state index in [9.17, 15) is 14.4 Å². The highest BCUT2D eigenvalue weighted by Crippen LogP contribution is 2.06. The largest absolute Gasteiger partial charge is 0.326 e. The Labute approximate surface area is 145 Å². The van der Waals surface area contributed by atoms with Gasteiger partial charge in [-0.15, -0.1) is 0 Å². The third-order valence-corrected chi connectivity index (χ3v) is 3.19. The fourth-order valence-electron chi connectivity index (χ4n) is 1.94. The summed E-state index contributed by atoms with van der Waals surface area (Å²) >= 11 is 0. The standard InChI is InChI=1S/C19H19N3O3/c23-17(20-16-9-5-2-6-10-16)13-14-19(25)22-21-18(24)12-11-15-7-3-1-4-8-15/h1-12H,13-14H2,(H,20,23)(H,21,24)(H,22,25)/b12-11+. The number of hydrogen-bond acceptors (Lipinski definition) is 3. The van der Waals surface area contributed by atoms with Gasteiger partial charge in [0.05, 0.1) is 0 Å². The Morgan fingerprint density at radius 3 is 2.04 bits per heavy atom. The molecule has 25 heavy (non-hydrogen) atoms. The van der Waals surface area contributed by atoms with Crippen molar-refractivity contribution in [1.29, 1.82) is 0 Å². The second kappa shape index (κ2) is 9.67. The van der Waals surface area contributed by atoms with E-state index in [2.05, 4.69) is 16.2 Å². The molecule has 0 spiro atoms. The molecule has 0 radical (unpaired) electrons. The Morgan fingerprint density at radius 2 is 1.36 bits per heavy atom. The summed E-state index contributed by atoms with van der Waals surface area (Å²) in [6.07, 6.45) is 2.95. The van der Waals surface area contributed by atoms with Crippen molar-refractivity contribution in [3.8, 4) is 0 Å². The van der Waals surface area contributed by atoms with Crippen molar-refractivity contribution in [2.24, 2.45) is 0 Å². The number of nitrogens with one attached hydrogen (secondary N) is 3. The van der Waals surface area contributed by atoms with Crippen molar-refractivity contribution in [3.05, 3.63) is 72.3 Å². The molecule has 2 aromatic rings. The number of amides is 3. The van der Waals surface area contributed by atoms with E-state index in [-0.39, 0.29) is 18.7 Å². The van der Waals surface area contributed by atoms with Gasteiger partial charge in [-0.2, -0.15) is 0 Å². The summed E-state index contributed by atoms with van der Waals surface area (Å²) in [7, 11) is 0. The maximum Gasteiger partial charge on any atom is 0.262 e. The summed E-state index contributed by atoms with van der Waals surface area (Å²) in [6, 6.07) is 18.3. The summed E-state index contributed by atoms with van der Waals surface area (Å²) in [6.45, 7) is 0. The first-order chi connectivity index (χ1) is 12.1. The quantitative estimate of drug-likeness (QED) is 0.558. The first-order valence-electron chi connectivity index (χ1n) is 7.80. The highest BCUT2D eigenvalue weighted by atomic mass is 16.2. The average Bonchev–Trinajstić information content (AvgIpc) is 2.64. The van der Waals surface area contributed by atoms with Crippen LogP contribution in [0.2, 0.25) is 0 Å². The number of benzene rings is 2. The monoisotopic (exact) mass is 337 g/mol. The van der Waals surface area contributed by atoms with Gasteiger partial charge in [-0.05, 0) is 23.8 Å². The Bertz CT molecular complexity index is 743. The van der Waals surface area contributed by atoms with Crippen LogP contribution in [-0.2, 0) is 14.4 Å². The molecule has 0 fully saturated rings. The third kappa shape index (κ3) is 7.13. The van der Waals surface area contributed by atoms with Crippen molar-refractivity contribution in [2.45, 2.75) is 12.8 Å². The lowest BCUT2D eigenvalue weighted by atomic mass is 10.2. The SMILES string of the molecule is O=C(/C=C/c1ccccc1)NNC(=O)CCC(=O)Nc1ccccc1. The van der Waals surface area contributed by atoms with Crippen molar-refractivity contribution in [1.82, 2.24) is 10.9 Å². The highest BCUT2D eigenvalue weighted by Gasteiger charge is 2.07. The van der Waals surface area contributed by atoms with Gasteiger partial charge >= 0.3 is 0 Å². The molecule has 6 heteroatoms. The molecule has 0 saturated carbocycles. The molecule has 3 N–H and O–H groups in total. The number of carbonyl (C=O) groups excluding carboxylic acids is 3. The molecule has 2 aromatic carbocycles. The summed E-state index contributed by atoms with van der Waals surface area (Å²) in [5, 5.41) is 2.68. The van der Waals surface area contributed by atoms with Gasteiger partial charge in [0.2, 0.25) is 11.8 Å². The van der Waals surface area contributed by atoms with E-state index in [1.165, 1.54) is 6.08 Å². The Balaban J connectivity index is 1.65. The first-order valence-corrected chi connectivity index (χ1v) is 7.80. The van der Waals surface area contributed by atoms with Crippen LogP contribution in [0.5, 0.6) is 0 Å². The average molecular weight is 337 g/mol. The van der Waals surface area contributed by atoms with Crippen LogP contribution in [0.1, 0.15) is 18.4 Å². The number of hydrazine groups is 1. The number of rotatable bonds is 6. The van der Waals surface area contributed by atoms with E-state index >= 15 is 0 Å². The van der Waals surface area contributed by atoms with Crippen LogP contribution in [0, 0.1) is 0 Å². The van der Waals surface area contributed by atoms with Crippen LogP contribution in [0.4, 0.5) is 5.69 Å². The van der Waals surface area contributed by atoms with Crippen molar-refractivity contribution in [2.75, 3.05) is 5.32 Å². The van der Waals surface area contributed by atoms with E-state index in [1.807, 2.05) is 36.4 Å². The van der Waals surface area contributed by atoms with E-state index < -0.39 is 11.8 Å². The maximum absolute atomic E-state index is 11.7. The molecule has 2 rings (SSSR count). The van der Waals surface area contributed by atoms with Gasteiger partial charge in [-0.3, -0.25) is 25.2 Å². The minimum absolute atomic E-state index is 0.0243. The van der Waals surface area contributed by atoms with Gasteiger partial charge in [0, 0.05) is 24.6 Å². The molecule has 0 saturated heterocycles. The van der Waals surface area contributed by atoms with Crippen LogP contribution in [-0.4, -0.2) is 17.7 Å². The van der Waals surface area contributed by atoms with E-state index in [4.69, 9.17) is 0 Å². The van der Waals surface area contributed by atoms with Gasteiger partial charge in [0.15, 0.2) is 0 Å². The molecular weight excluding hydrogens is 318 g/mol.